The number of halogens is 2. The number of phenols is 1. The summed E-state index contributed by atoms with van der Waals surface area (Å²) in [6.07, 6.45) is 6.02. The van der Waals surface area contributed by atoms with Crippen LogP contribution in [0.3, 0.4) is 0 Å². The SMILES string of the molecule is O=C(NCC1(CBr)CCCCC1)c1cc(Br)ccc1O. The molecule has 0 unspecified atom stereocenters. The van der Waals surface area contributed by atoms with Crippen molar-refractivity contribution in [3.63, 3.8) is 0 Å². The van der Waals surface area contributed by atoms with Gasteiger partial charge >= 0.3 is 0 Å². The van der Waals surface area contributed by atoms with Crippen LogP contribution in [0.1, 0.15) is 42.5 Å². The molecule has 0 radical (unpaired) electrons. The fourth-order valence-electron chi connectivity index (χ4n) is 2.71. The Morgan fingerprint density at radius 3 is 2.65 bits per heavy atom. The van der Waals surface area contributed by atoms with Crippen LogP contribution in [0.2, 0.25) is 0 Å². The minimum absolute atomic E-state index is 0.0160. The molecule has 110 valence electrons. The molecule has 1 aliphatic rings. The second kappa shape index (κ2) is 6.94. The molecule has 0 aromatic heterocycles. The Kier molecular flexibility index (Phi) is 5.49. The molecule has 0 bridgehead atoms. The van der Waals surface area contributed by atoms with E-state index in [-0.39, 0.29) is 17.1 Å². The third-order valence-electron chi connectivity index (χ3n) is 4.02. The lowest BCUT2D eigenvalue weighted by atomic mass is 9.75. The molecule has 5 heteroatoms. The Labute approximate surface area is 136 Å². The lowest BCUT2D eigenvalue weighted by molar-refractivity contribution is 0.0919. The van der Waals surface area contributed by atoms with Gasteiger partial charge in [0.15, 0.2) is 0 Å². The summed E-state index contributed by atoms with van der Waals surface area (Å²) in [5.41, 5.74) is 0.482. The zero-order valence-electron chi connectivity index (χ0n) is 11.3. The first kappa shape index (κ1) is 15.8. The highest BCUT2D eigenvalue weighted by Gasteiger charge is 2.31. The van der Waals surface area contributed by atoms with Crippen molar-refractivity contribution in [2.24, 2.45) is 5.41 Å². The van der Waals surface area contributed by atoms with Gasteiger partial charge in [0.2, 0.25) is 0 Å². The standard InChI is InChI=1S/C15H19Br2NO2/c16-9-15(6-2-1-3-7-15)10-18-14(20)12-8-11(17)4-5-13(12)19/h4-5,8,19H,1-3,6-7,9-10H2,(H,18,20). The van der Waals surface area contributed by atoms with Crippen molar-refractivity contribution in [1.82, 2.24) is 5.32 Å². The summed E-state index contributed by atoms with van der Waals surface area (Å²) in [7, 11) is 0. The molecule has 1 aromatic carbocycles. The monoisotopic (exact) mass is 403 g/mol. The van der Waals surface area contributed by atoms with E-state index in [0.29, 0.717) is 12.1 Å². The number of carbonyl (C=O) groups excluding carboxylic acids is 1. The minimum atomic E-state index is -0.213. The van der Waals surface area contributed by atoms with E-state index in [1.165, 1.54) is 25.3 Å². The lowest BCUT2D eigenvalue weighted by Gasteiger charge is -2.35. The van der Waals surface area contributed by atoms with Gasteiger partial charge in [0, 0.05) is 16.3 Å². The smallest absolute Gasteiger partial charge is 0.255 e. The summed E-state index contributed by atoms with van der Waals surface area (Å²) < 4.78 is 0.785. The molecule has 1 aromatic rings. The van der Waals surface area contributed by atoms with Crippen molar-refractivity contribution in [3.8, 4) is 5.75 Å². The first-order valence-electron chi connectivity index (χ1n) is 6.89. The van der Waals surface area contributed by atoms with Crippen molar-refractivity contribution >= 4 is 37.8 Å². The number of benzene rings is 1. The molecule has 0 heterocycles. The van der Waals surface area contributed by atoms with E-state index >= 15 is 0 Å². The second-order valence-corrected chi connectivity index (χ2v) is 7.01. The normalized spacial score (nSPS) is 17.7. The molecule has 0 atom stereocenters. The van der Waals surface area contributed by atoms with Gasteiger partial charge in [-0.05, 0) is 36.5 Å². The topological polar surface area (TPSA) is 49.3 Å². The van der Waals surface area contributed by atoms with Crippen molar-refractivity contribution in [3.05, 3.63) is 28.2 Å². The van der Waals surface area contributed by atoms with Gasteiger partial charge in [-0.2, -0.15) is 0 Å². The van der Waals surface area contributed by atoms with Crippen LogP contribution in [-0.4, -0.2) is 22.9 Å². The van der Waals surface area contributed by atoms with Crippen LogP contribution in [0.4, 0.5) is 0 Å². The number of amides is 1. The maximum absolute atomic E-state index is 12.2. The average molecular weight is 405 g/mol. The number of rotatable bonds is 4. The van der Waals surface area contributed by atoms with E-state index < -0.39 is 0 Å². The number of carbonyl (C=O) groups is 1. The zero-order chi connectivity index (χ0) is 14.6. The molecule has 1 amide bonds. The van der Waals surface area contributed by atoms with Gasteiger partial charge in [-0.15, -0.1) is 0 Å². The maximum Gasteiger partial charge on any atom is 0.255 e. The summed E-state index contributed by atoms with van der Waals surface area (Å²) in [6, 6.07) is 4.89. The third-order valence-corrected chi connectivity index (χ3v) is 5.71. The van der Waals surface area contributed by atoms with Crippen LogP contribution < -0.4 is 5.32 Å². The predicted octanol–water partition coefficient (Wildman–Crippen LogP) is 4.23. The van der Waals surface area contributed by atoms with Gasteiger partial charge in [0.05, 0.1) is 5.56 Å². The van der Waals surface area contributed by atoms with E-state index in [9.17, 15) is 9.90 Å². The van der Waals surface area contributed by atoms with Crippen LogP contribution in [0.15, 0.2) is 22.7 Å². The van der Waals surface area contributed by atoms with Gasteiger partial charge in [-0.3, -0.25) is 4.79 Å². The maximum atomic E-state index is 12.2. The van der Waals surface area contributed by atoms with Crippen LogP contribution >= 0.6 is 31.9 Å². The van der Waals surface area contributed by atoms with Gasteiger partial charge < -0.3 is 10.4 Å². The van der Waals surface area contributed by atoms with Gasteiger partial charge in [0.25, 0.3) is 5.91 Å². The molecule has 0 spiro atoms. The van der Waals surface area contributed by atoms with E-state index in [0.717, 1.165) is 22.6 Å². The highest BCUT2D eigenvalue weighted by Crippen LogP contribution is 2.37. The van der Waals surface area contributed by atoms with Crippen LogP contribution in [0.25, 0.3) is 0 Å². The molecule has 2 rings (SSSR count). The van der Waals surface area contributed by atoms with Crippen LogP contribution in [-0.2, 0) is 0 Å². The first-order chi connectivity index (χ1) is 9.56. The number of nitrogens with one attached hydrogen (secondary N) is 1. The Hall–Kier alpha value is -0.550. The summed E-state index contributed by atoms with van der Waals surface area (Å²) in [5.74, 6) is -0.197. The zero-order valence-corrected chi connectivity index (χ0v) is 14.5. The Morgan fingerprint density at radius 2 is 2.00 bits per heavy atom. The Morgan fingerprint density at radius 1 is 1.30 bits per heavy atom. The first-order valence-corrected chi connectivity index (χ1v) is 8.80. The molecule has 1 aliphatic carbocycles. The fourth-order valence-corrected chi connectivity index (χ4v) is 3.83. The highest BCUT2D eigenvalue weighted by atomic mass is 79.9. The Balaban J connectivity index is 2.02. The molecular weight excluding hydrogens is 386 g/mol. The average Bonchev–Trinajstić information content (AvgIpc) is 2.48. The molecule has 1 saturated carbocycles. The molecule has 3 nitrogen and oxygen atoms in total. The minimum Gasteiger partial charge on any atom is -0.507 e. The van der Waals surface area contributed by atoms with Crippen molar-refractivity contribution in [1.29, 1.82) is 0 Å². The fraction of sp³-hybridized carbons (Fsp3) is 0.533. The predicted molar refractivity (Wildman–Crippen MR) is 87.5 cm³/mol. The van der Waals surface area contributed by atoms with Crippen LogP contribution in [0.5, 0.6) is 5.75 Å². The summed E-state index contributed by atoms with van der Waals surface area (Å²) in [5, 5.41) is 13.7. The lowest BCUT2D eigenvalue weighted by Crippen LogP contribution is -2.40. The van der Waals surface area contributed by atoms with Crippen molar-refractivity contribution in [2.45, 2.75) is 32.1 Å². The van der Waals surface area contributed by atoms with E-state index in [1.54, 1.807) is 12.1 Å². The van der Waals surface area contributed by atoms with Gasteiger partial charge in [0.1, 0.15) is 5.75 Å². The number of hydrogen-bond acceptors (Lipinski definition) is 2. The largest absolute Gasteiger partial charge is 0.507 e. The van der Waals surface area contributed by atoms with Crippen molar-refractivity contribution < 1.29 is 9.90 Å². The Bertz CT molecular complexity index is 485. The second-order valence-electron chi connectivity index (χ2n) is 5.54. The van der Waals surface area contributed by atoms with Crippen molar-refractivity contribution in [2.75, 3.05) is 11.9 Å². The summed E-state index contributed by atoms with van der Waals surface area (Å²) in [4.78, 5) is 12.2. The molecule has 20 heavy (non-hydrogen) atoms. The number of aromatic hydroxyl groups is 1. The van der Waals surface area contributed by atoms with E-state index in [4.69, 9.17) is 0 Å². The summed E-state index contributed by atoms with van der Waals surface area (Å²) in [6.45, 7) is 0.656. The number of hydrogen-bond donors (Lipinski definition) is 2. The summed E-state index contributed by atoms with van der Waals surface area (Å²) >= 11 is 6.91. The molecule has 1 fully saturated rings. The molecule has 0 saturated heterocycles. The number of alkyl halides is 1. The van der Waals surface area contributed by atoms with E-state index in [2.05, 4.69) is 37.2 Å². The van der Waals surface area contributed by atoms with Gasteiger partial charge in [-0.1, -0.05) is 51.1 Å². The molecule has 2 N–H and O–H groups in total. The third kappa shape index (κ3) is 3.76. The van der Waals surface area contributed by atoms with E-state index in [1.807, 2.05) is 0 Å². The quantitative estimate of drug-likeness (QED) is 0.737. The van der Waals surface area contributed by atoms with Gasteiger partial charge in [-0.25, -0.2) is 0 Å². The van der Waals surface area contributed by atoms with Crippen LogP contribution in [0, 0.1) is 5.41 Å². The molecule has 0 aliphatic heterocycles. The number of phenolic OH excluding ortho intramolecular Hbond substituents is 1. The highest BCUT2D eigenvalue weighted by molar-refractivity contribution is 9.10. The molecular formula is C15H19Br2NO2.